The molecule has 1 heterocycles. The zero-order valence-corrected chi connectivity index (χ0v) is 17.8. The highest BCUT2D eigenvalue weighted by Crippen LogP contribution is 2.33. The molecule has 0 unspecified atom stereocenters. The average molecular weight is 430 g/mol. The summed E-state index contributed by atoms with van der Waals surface area (Å²) < 4.78 is 47.0. The van der Waals surface area contributed by atoms with Crippen molar-refractivity contribution in [2.24, 2.45) is 4.99 Å². The van der Waals surface area contributed by atoms with Gasteiger partial charge in [0.2, 0.25) is 0 Å². The smallest absolute Gasteiger partial charge is 0.387 e. The topological polar surface area (TPSA) is 73.3 Å². The average Bonchev–Trinajstić information content (AvgIpc) is 2.74. The minimum absolute atomic E-state index is 0.0267. The summed E-state index contributed by atoms with van der Waals surface area (Å²) in [5, 5.41) is 6.40. The monoisotopic (exact) mass is 429 g/mol. The van der Waals surface area contributed by atoms with Crippen molar-refractivity contribution >= 4 is 5.96 Å². The van der Waals surface area contributed by atoms with Crippen LogP contribution in [0.2, 0.25) is 0 Å². The first kappa shape index (κ1) is 24.1. The van der Waals surface area contributed by atoms with E-state index in [1.54, 1.807) is 25.1 Å². The van der Waals surface area contributed by atoms with Crippen LogP contribution in [0.5, 0.6) is 11.5 Å². The van der Waals surface area contributed by atoms with E-state index in [9.17, 15) is 8.78 Å². The van der Waals surface area contributed by atoms with E-state index in [1.807, 2.05) is 6.92 Å². The number of para-hydroxylation sites is 1. The summed E-state index contributed by atoms with van der Waals surface area (Å²) in [5.41, 5.74) is 0.529. The molecule has 0 bridgehead atoms. The Morgan fingerprint density at radius 1 is 1.23 bits per heavy atom. The van der Waals surface area contributed by atoms with Crippen molar-refractivity contribution in [2.45, 2.75) is 52.4 Å². The molecule has 1 aromatic rings. The number of guanidine groups is 1. The van der Waals surface area contributed by atoms with Crippen LogP contribution in [-0.4, -0.2) is 58.2 Å². The number of nitrogens with one attached hydrogen (secondary N) is 2. The van der Waals surface area contributed by atoms with E-state index in [0.29, 0.717) is 37.8 Å². The molecule has 1 aromatic carbocycles. The van der Waals surface area contributed by atoms with Gasteiger partial charge >= 0.3 is 6.61 Å². The lowest BCUT2D eigenvalue weighted by Crippen LogP contribution is -2.38. The van der Waals surface area contributed by atoms with Crippen molar-refractivity contribution in [3.8, 4) is 11.5 Å². The van der Waals surface area contributed by atoms with E-state index in [4.69, 9.17) is 18.9 Å². The van der Waals surface area contributed by atoms with Crippen molar-refractivity contribution < 1.29 is 27.7 Å². The third-order valence-electron chi connectivity index (χ3n) is 4.45. The van der Waals surface area contributed by atoms with Gasteiger partial charge < -0.3 is 29.6 Å². The van der Waals surface area contributed by atoms with Gasteiger partial charge in [-0.1, -0.05) is 12.1 Å². The lowest BCUT2D eigenvalue weighted by atomic mass is 10.1. The van der Waals surface area contributed by atoms with E-state index >= 15 is 0 Å². The highest BCUT2D eigenvalue weighted by atomic mass is 19.3. The van der Waals surface area contributed by atoms with Crippen LogP contribution in [0.1, 0.15) is 38.7 Å². The molecule has 1 aliphatic heterocycles. The SMILES string of the molecule is CCNC(=NCc1cccc(OCC)c1OC(F)F)NCCCOC1CCOCC1. The molecule has 9 heteroatoms. The summed E-state index contributed by atoms with van der Waals surface area (Å²) in [4.78, 5) is 4.50. The fourth-order valence-corrected chi connectivity index (χ4v) is 3.06. The Balaban J connectivity index is 1.89. The zero-order valence-electron chi connectivity index (χ0n) is 17.8. The Labute approximate surface area is 177 Å². The number of halogens is 2. The van der Waals surface area contributed by atoms with E-state index < -0.39 is 6.61 Å². The molecule has 1 fully saturated rings. The normalized spacial score (nSPS) is 15.3. The lowest BCUT2D eigenvalue weighted by Gasteiger charge is -2.22. The van der Waals surface area contributed by atoms with E-state index in [2.05, 4.69) is 15.6 Å². The maximum atomic E-state index is 12.9. The summed E-state index contributed by atoms with van der Waals surface area (Å²) in [6.45, 7) is 4.92. The van der Waals surface area contributed by atoms with Gasteiger partial charge in [-0.05, 0) is 39.2 Å². The van der Waals surface area contributed by atoms with Gasteiger partial charge in [0.25, 0.3) is 0 Å². The number of ether oxygens (including phenoxy) is 4. The van der Waals surface area contributed by atoms with Gasteiger partial charge in [0.1, 0.15) is 0 Å². The molecule has 0 aromatic heterocycles. The molecule has 7 nitrogen and oxygen atoms in total. The van der Waals surface area contributed by atoms with Gasteiger partial charge in [0, 0.05) is 38.5 Å². The van der Waals surface area contributed by atoms with Gasteiger partial charge in [0.05, 0.1) is 19.3 Å². The molecular weight excluding hydrogens is 396 g/mol. The molecule has 0 amide bonds. The number of hydrogen-bond acceptors (Lipinski definition) is 5. The molecule has 0 aliphatic carbocycles. The molecule has 0 spiro atoms. The maximum Gasteiger partial charge on any atom is 0.387 e. The highest BCUT2D eigenvalue weighted by Gasteiger charge is 2.16. The van der Waals surface area contributed by atoms with Crippen LogP contribution < -0.4 is 20.1 Å². The molecule has 2 N–H and O–H groups in total. The first-order valence-corrected chi connectivity index (χ1v) is 10.5. The van der Waals surface area contributed by atoms with E-state index in [1.165, 1.54) is 0 Å². The largest absolute Gasteiger partial charge is 0.490 e. The van der Waals surface area contributed by atoms with Gasteiger partial charge in [0.15, 0.2) is 17.5 Å². The quantitative estimate of drug-likeness (QED) is 0.302. The first-order valence-electron chi connectivity index (χ1n) is 10.5. The molecule has 1 saturated heterocycles. The molecule has 0 radical (unpaired) electrons. The third-order valence-corrected chi connectivity index (χ3v) is 4.45. The summed E-state index contributed by atoms with van der Waals surface area (Å²) in [6, 6.07) is 5.05. The summed E-state index contributed by atoms with van der Waals surface area (Å²) >= 11 is 0. The second kappa shape index (κ2) is 14.0. The van der Waals surface area contributed by atoms with E-state index in [0.717, 1.165) is 32.5 Å². The predicted octanol–water partition coefficient (Wildman–Crippen LogP) is 3.33. The van der Waals surface area contributed by atoms with Crippen LogP contribution in [0.3, 0.4) is 0 Å². The minimum Gasteiger partial charge on any atom is -0.490 e. The third kappa shape index (κ3) is 8.71. The number of nitrogens with zero attached hydrogens (tertiary/aromatic N) is 1. The summed E-state index contributed by atoms with van der Waals surface area (Å²) in [6.07, 6.45) is 3.01. The Morgan fingerprint density at radius 2 is 2.03 bits per heavy atom. The molecule has 0 saturated carbocycles. The summed E-state index contributed by atoms with van der Waals surface area (Å²) in [5.74, 6) is 0.918. The second-order valence-corrected chi connectivity index (χ2v) is 6.71. The number of aliphatic imine (C=N–C) groups is 1. The Kier molecular flexibility index (Phi) is 11.2. The zero-order chi connectivity index (χ0) is 21.6. The van der Waals surface area contributed by atoms with E-state index in [-0.39, 0.29) is 24.1 Å². The molecule has 1 aliphatic rings. The lowest BCUT2D eigenvalue weighted by molar-refractivity contribution is -0.0520. The van der Waals surface area contributed by atoms with Gasteiger partial charge in [-0.25, -0.2) is 4.99 Å². The Morgan fingerprint density at radius 3 is 2.73 bits per heavy atom. The fraction of sp³-hybridized carbons (Fsp3) is 0.667. The number of rotatable bonds is 12. The number of hydrogen-bond donors (Lipinski definition) is 2. The number of benzene rings is 1. The standard InChI is InChI=1S/C21H33F2N3O4/c1-3-24-21(25-11-6-12-29-17-9-13-27-14-10-17)26-15-16-7-5-8-18(28-4-2)19(16)30-20(22)23/h5,7-8,17,20H,3-4,6,9-15H2,1-2H3,(H2,24,25,26). The molecule has 170 valence electrons. The van der Waals surface area contributed by atoms with Crippen LogP contribution in [0.25, 0.3) is 0 Å². The maximum absolute atomic E-state index is 12.9. The Hall–Kier alpha value is -2.13. The van der Waals surface area contributed by atoms with Gasteiger partial charge in [-0.15, -0.1) is 0 Å². The molecule has 30 heavy (non-hydrogen) atoms. The van der Waals surface area contributed by atoms with Crippen LogP contribution >= 0.6 is 0 Å². The van der Waals surface area contributed by atoms with Gasteiger partial charge in [-0.2, -0.15) is 8.78 Å². The van der Waals surface area contributed by atoms with Crippen LogP contribution in [0.15, 0.2) is 23.2 Å². The minimum atomic E-state index is -2.93. The number of alkyl halides is 2. The van der Waals surface area contributed by atoms with Crippen molar-refractivity contribution in [2.75, 3.05) is 39.5 Å². The first-order chi connectivity index (χ1) is 14.6. The van der Waals surface area contributed by atoms with Crippen LogP contribution in [-0.2, 0) is 16.0 Å². The van der Waals surface area contributed by atoms with Crippen molar-refractivity contribution in [1.29, 1.82) is 0 Å². The molecular formula is C21H33F2N3O4. The Bertz CT molecular complexity index is 641. The van der Waals surface area contributed by atoms with Crippen molar-refractivity contribution in [3.63, 3.8) is 0 Å². The highest BCUT2D eigenvalue weighted by molar-refractivity contribution is 5.79. The fourth-order valence-electron chi connectivity index (χ4n) is 3.06. The van der Waals surface area contributed by atoms with Crippen molar-refractivity contribution in [3.05, 3.63) is 23.8 Å². The van der Waals surface area contributed by atoms with Crippen molar-refractivity contribution in [1.82, 2.24) is 10.6 Å². The molecule has 0 atom stereocenters. The summed E-state index contributed by atoms with van der Waals surface area (Å²) in [7, 11) is 0. The van der Waals surface area contributed by atoms with Crippen LogP contribution in [0.4, 0.5) is 8.78 Å². The molecule has 2 rings (SSSR count). The van der Waals surface area contributed by atoms with Crippen LogP contribution in [0, 0.1) is 0 Å². The second-order valence-electron chi connectivity index (χ2n) is 6.71. The van der Waals surface area contributed by atoms with Gasteiger partial charge in [-0.3, -0.25) is 0 Å². The predicted molar refractivity (Wildman–Crippen MR) is 111 cm³/mol.